The van der Waals surface area contributed by atoms with Gasteiger partial charge in [-0.2, -0.15) is 0 Å². The van der Waals surface area contributed by atoms with Crippen LogP contribution in [-0.4, -0.2) is 30.1 Å². The van der Waals surface area contributed by atoms with Gasteiger partial charge in [-0.25, -0.2) is 4.68 Å². The first kappa shape index (κ1) is 24.3. The molecule has 2 aromatic carbocycles. The van der Waals surface area contributed by atoms with Crippen LogP contribution in [0.3, 0.4) is 0 Å². The summed E-state index contributed by atoms with van der Waals surface area (Å²) in [6, 6.07) is 22.1. The molecule has 0 aliphatic heterocycles. The SMILES string of the molecule is CCc1ccc2[nH]c(=O)c([C@H](c3nnnn3C3CCCC3)N(Cc3ccccc3)Cc3ccco3)cc2c1. The van der Waals surface area contributed by atoms with Gasteiger partial charge in [-0.15, -0.1) is 5.10 Å². The highest BCUT2D eigenvalue weighted by Gasteiger charge is 2.33. The summed E-state index contributed by atoms with van der Waals surface area (Å²) in [6.45, 7) is 3.23. The molecule has 0 spiro atoms. The third-order valence-corrected chi connectivity index (χ3v) is 7.61. The Morgan fingerprint density at radius 1 is 1.03 bits per heavy atom. The zero-order valence-electron chi connectivity index (χ0n) is 21.6. The molecular weight excluding hydrogens is 476 g/mol. The number of rotatable bonds is 9. The van der Waals surface area contributed by atoms with Crippen molar-refractivity contribution in [2.45, 2.75) is 64.2 Å². The minimum Gasteiger partial charge on any atom is -0.468 e. The summed E-state index contributed by atoms with van der Waals surface area (Å²) in [7, 11) is 0. The number of fused-ring (bicyclic) bond motifs is 1. The lowest BCUT2D eigenvalue weighted by molar-refractivity contribution is 0.176. The molecule has 1 aliphatic rings. The fourth-order valence-corrected chi connectivity index (χ4v) is 5.64. The van der Waals surface area contributed by atoms with Gasteiger partial charge >= 0.3 is 0 Å². The van der Waals surface area contributed by atoms with Gasteiger partial charge in [0, 0.05) is 17.6 Å². The Morgan fingerprint density at radius 2 is 1.87 bits per heavy atom. The van der Waals surface area contributed by atoms with Crippen molar-refractivity contribution in [2.24, 2.45) is 0 Å². The number of aryl methyl sites for hydroxylation is 1. The van der Waals surface area contributed by atoms with E-state index in [2.05, 4.69) is 56.6 Å². The van der Waals surface area contributed by atoms with E-state index in [1.807, 2.05) is 47.1 Å². The van der Waals surface area contributed by atoms with Crippen LogP contribution in [0, 0.1) is 0 Å². The molecule has 1 fully saturated rings. The molecule has 8 nitrogen and oxygen atoms in total. The fraction of sp³-hybridized carbons (Fsp3) is 0.333. The standard InChI is InChI=1S/C30H32N6O2/c1-2-21-14-15-27-23(17-21)18-26(30(37)31-27)28(29-32-33-34-36(29)24-11-6-7-12-24)35(20-25-13-8-16-38-25)19-22-9-4-3-5-10-22/h3-5,8-10,13-18,24,28H,2,6-7,11-12,19-20H2,1H3,(H,31,37)/t28-/m1/s1. The lowest BCUT2D eigenvalue weighted by Gasteiger charge is -2.31. The van der Waals surface area contributed by atoms with Crippen LogP contribution >= 0.6 is 0 Å². The second-order valence-corrected chi connectivity index (χ2v) is 10.1. The largest absolute Gasteiger partial charge is 0.468 e. The number of nitrogens with one attached hydrogen (secondary N) is 1. The van der Waals surface area contributed by atoms with E-state index in [0.29, 0.717) is 24.5 Å². The zero-order chi connectivity index (χ0) is 25.9. The van der Waals surface area contributed by atoms with Crippen molar-refractivity contribution in [1.29, 1.82) is 0 Å². The Hall–Kier alpha value is -4.04. The lowest BCUT2D eigenvalue weighted by atomic mass is 10.0. The molecule has 0 unspecified atom stereocenters. The van der Waals surface area contributed by atoms with Crippen molar-refractivity contribution in [3.63, 3.8) is 0 Å². The van der Waals surface area contributed by atoms with Crippen LogP contribution in [0.1, 0.15) is 73.0 Å². The highest BCUT2D eigenvalue weighted by molar-refractivity contribution is 5.80. The quantitative estimate of drug-likeness (QED) is 0.280. The van der Waals surface area contributed by atoms with Gasteiger partial charge in [-0.1, -0.05) is 56.2 Å². The number of nitrogens with zero attached hydrogens (tertiary/aromatic N) is 5. The van der Waals surface area contributed by atoms with Crippen molar-refractivity contribution in [3.8, 4) is 0 Å². The minimum atomic E-state index is -0.477. The van der Waals surface area contributed by atoms with E-state index in [9.17, 15) is 4.79 Å². The van der Waals surface area contributed by atoms with Crippen LogP contribution in [0.5, 0.6) is 0 Å². The Balaban J connectivity index is 1.53. The van der Waals surface area contributed by atoms with Crippen molar-refractivity contribution in [3.05, 3.63) is 112 Å². The first-order valence-electron chi connectivity index (χ1n) is 13.4. The number of H-pyrrole nitrogens is 1. The van der Waals surface area contributed by atoms with Crippen LogP contribution in [-0.2, 0) is 19.5 Å². The number of aromatic nitrogens is 5. The third-order valence-electron chi connectivity index (χ3n) is 7.61. The molecule has 0 bridgehead atoms. The molecule has 1 saturated carbocycles. The predicted octanol–water partition coefficient (Wildman–Crippen LogP) is 5.58. The van der Waals surface area contributed by atoms with E-state index in [1.54, 1.807) is 6.26 Å². The van der Waals surface area contributed by atoms with E-state index in [0.717, 1.165) is 54.3 Å². The summed E-state index contributed by atoms with van der Waals surface area (Å²) >= 11 is 0. The summed E-state index contributed by atoms with van der Waals surface area (Å²) in [5, 5.41) is 14.1. The van der Waals surface area contributed by atoms with Crippen LogP contribution in [0.4, 0.5) is 0 Å². The average molecular weight is 509 g/mol. The van der Waals surface area contributed by atoms with Gasteiger partial charge in [0.25, 0.3) is 5.56 Å². The molecule has 1 aliphatic carbocycles. The van der Waals surface area contributed by atoms with E-state index in [4.69, 9.17) is 4.42 Å². The monoisotopic (exact) mass is 508 g/mol. The average Bonchev–Trinajstić information content (AvgIpc) is 3.73. The van der Waals surface area contributed by atoms with Gasteiger partial charge in [-0.3, -0.25) is 9.69 Å². The summed E-state index contributed by atoms with van der Waals surface area (Å²) in [6.07, 6.45) is 7.00. The molecule has 3 heterocycles. The normalized spacial score (nSPS) is 15.0. The van der Waals surface area contributed by atoms with Gasteiger partial charge in [0.1, 0.15) is 11.8 Å². The van der Waals surface area contributed by atoms with Crippen LogP contribution in [0.2, 0.25) is 0 Å². The fourth-order valence-electron chi connectivity index (χ4n) is 5.64. The molecule has 3 aromatic heterocycles. The summed E-state index contributed by atoms with van der Waals surface area (Å²) in [4.78, 5) is 19.1. The molecule has 0 amide bonds. The number of tetrazole rings is 1. The summed E-state index contributed by atoms with van der Waals surface area (Å²) in [5.41, 5.74) is 3.67. The minimum absolute atomic E-state index is 0.134. The third kappa shape index (κ3) is 4.91. The van der Waals surface area contributed by atoms with E-state index in [-0.39, 0.29) is 11.6 Å². The van der Waals surface area contributed by atoms with Crippen LogP contribution in [0.15, 0.2) is 82.2 Å². The number of furan rings is 1. The van der Waals surface area contributed by atoms with Crippen molar-refractivity contribution in [1.82, 2.24) is 30.1 Å². The lowest BCUT2D eigenvalue weighted by Crippen LogP contribution is -2.35. The number of hydrogen-bond donors (Lipinski definition) is 1. The van der Waals surface area contributed by atoms with Crippen molar-refractivity contribution < 1.29 is 4.42 Å². The van der Waals surface area contributed by atoms with E-state index < -0.39 is 6.04 Å². The molecular formula is C30H32N6O2. The van der Waals surface area contributed by atoms with Gasteiger partial charge in [0.2, 0.25) is 0 Å². The van der Waals surface area contributed by atoms with Crippen LogP contribution < -0.4 is 5.56 Å². The Labute approximate surface area is 221 Å². The Bertz CT molecular complexity index is 1550. The molecule has 194 valence electrons. The van der Waals surface area contributed by atoms with Gasteiger partial charge in [0.05, 0.1) is 18.8 Å². The number of pyridine rings is 1. The number of aromatic amines is 1. The van der Waals surface area contributed by atoms with Gasteiger partial charge < -0.3 is 9.40 Å². The highest BCUT2D eigenvalue weighted by atomic mass is 16.3. The van der Waals surface area contributed by atoms with E-state index >= 15 is 0 Å². The second-order valence-electron chi connectivity index (χ2n) is 10.1. The molecule has 0 saturated heterocycles. The van der Waals surface area contributed by atoms with Crippen LogP contribution in [0.25, 0.3) is 10.9 Å². The highest BCUT2D eigenvalue weighted by Crippen LogP contribution is 2.35. The summed E-state index contributed by atoms with van der Waals surface area (Å²) in [5.74, 6) is 1.51. The molecule has 6 rings (SSSR count). The molecule has 5 aromatic rings. The Morgan fingerprint density at radius 3 is 2.63 bits per heavy atom. The predicted molar refractivity (Wildman–Crippen MR) is 146 cm³/mol. The molecule has 8 heteroatoms. The Kier molecular flexibility index (Phi) is 6.88. The molecule has 0 radical (unpaired) electrons. The summed E-state index contributed by atoms with van der Waals surface area (Å²) < 4.78 is 7.74. The molecule has 1 atom stereocenters. The smallest absolute Gasteiger partial charge is 0.253 e. The van der Waals surface area contributed by atoms with Gasteiger partial charge in [0.15, 0.2) is 5.82 Å². The number of hydrogen-bond acceptors (Lipinski definition) is 6. The van der Waals surface area contributed by atoms with Crippen molar-refractivity contribution in [2.75, 3.05) is 0 Å². The van der Waals surface area contributed by atoms with E-state index in [1.165, 1.54) is 5.56 Å². The zero-order valence-corrected chi connectivity index (χ0v) is 21.6. The first-order chi connectivity index (χ1) is 18.7. The maximum atomic E-state index is 13.7. The molecule has 38 heavy (non-hydrogen) atoms. The topological polar surface area (TPSA) is 92.8 Å². The second kappa shape index (κ2) is 10.8. The van der Waals surface area contributed by atoms with Gasteiger partial charge in [-0.05, 0) is 76.5 Å². The first-order valence-corrected chi connectivity index (χ1v) is 13.4. The van der Waals surface area contributed by atoms with Crippen molar-refractivity contribution >= 4 is 10.9 Å². The molecule has 1 N–H and O–H groups in total. The maximum absolute atomic E-state index is 13.7. The number of benzene rings is 2. The maximum Gasteiger partial charge on any atom is 0.253 e.